The molecule has 2 atom stereocenters. The zero-order valence-corrected chi connectivity index (χ0v) is 15.3. The van der Waals surface area contributed by atoms with Crippen molar-refractivity contribution in [3.63, 3.8) is 0 Å². The van der Waals surface area contributed by atoms with Gasteiger partial charge in [-0.15, -0.1) is 0 Å². The highest BCUT2D eigenvalue weighted by Gasteiger charge is 2.35. The van der Waals surface area contributed by atoms with Crippen LogP contribution in [-0.2, 0) is 14.4 Å². The van der Waals surface area contributed by atoms with Gasteiger partial charge in [-0.25, -0.2) is 5.06 Å². The second-order valence-corrected chi connectivity index (χ2v) is 7.59. The molecule has 0 aromatic rings. The van der Waals surface area contributed by atoms with Gasteiger partial charge in [0.1, 0.15) is 6.04 Å². The monoisotopic (exact) mass is 329 g/mol. The molecule has 0 unspecified atom stereocenters. The van der Waals surface area contributed by atoms with E-state index in [1.807, 2.05) is 34.6 Å². The number of rotatable bonds is 8. The summed E-state index contributed by atoms with van der Waals surface area (Å²) >= 11 is 0. The molecule has 2 N–H and O–H groups in total. The van der Waals surface area contributed by atoms with Crippen molar-refractivity contribution in [1.29, 1.82) is 0 Å². The van der Waals surface area contributed by atoms with Crippen molar-refractivity contribution >= 4 is 18.2 Å². The highest BCUT2D eigenvalue weighted by molar-refractivity contribution is 5.89. The van der Waals surface area contributed by atoms with Crippen molar-refractivity contribution in [1.82, 2.24) is 15.3 Å². The number of hydrogen-bond acceptors (Lipinski definition) is 4. The summed E-state index contributed by atoms with van der Waals surface area (Å²) in [5, 5.41) is 12.6. The Balaban J connectivity index is 5.23. The molecule has 0 radical (unpaired) electrons. The van der Waals surface area contributed by atoms with E-state index in [0.29, 0.717) is 11.5 Å². The highest BCUT2D eigenvalue weighted by Crippen LogP contribution is 2.22. The van der Waals surface area contributed by atoms with Crippen LogP contribution < -0.4 is 5.32 Å². The number of hydrogen-bond donors (Lipinski definition) is 2. The summed E-state index contributed by atoms with van der Waals surface area (Å²) in [7, 11) is 3.28. The molecule has 0 saturated heterocycles. The molecule has 134 valence electrons. The molecule has 3 amide bonds. The van der Waals surface area contributed by atoms with Gasteiger partial charge in [0.05, 0.1) is 12.5 Å². The van der Waals surface area contributed by atoms with E-state index in [-0.39, 0.29) is 30.7 Å². The number of carbonyl (C=O) groups excluding carboxylic acids is 3. The number of likely N-dealkylation sites (N-methyl/N-ethyl adjacent to an activating group) is 1. The Labute approximate surface area is 139 Å². The average Bonchev–Trinajstić information content (AvgIpc) is 2.40. The molecule has 7 heteroatoms. The second kappa shape index (κ2) is 8.86. The predicted octanol–water partition coefficient (Wildman–Crippen LogP) is 1.12. The topological polar surface area (TPSA) is 90.0 Å². The molecule has 0 aromatic heterocycles. The number of nitrogens with one attached hydrogen (secondary N) is 1. The third-order valence-corrected chi connectivity index (χ3v) is 3.50. The molecule has 7 nitrogen and oxygen atoms in total. The highest BCUT2D eigenvalue weighted by atomic mass is 16.5. The first-order chi connectivity index (χ1) is 10.4. The van der Waals surface area contributed by atoms with Crippen molar-refractivity contribution < 1.29 is 19.6 Å². The number of carbonyl (C=O) groups is 3. The largest absolute Gasteiger partial charge is 0.347 e. The summed E-state index contributed by atoms with van der Waals surface area (Å²) in [5.41, 5.74) is -0.455. The van der Waals surface area contributed by atoms with Gasteiger partial charge in [0.25, 0.3) is 0 Å². The molecule has 0 aliphatic carbocycles. The third-order valence-electron chi connectivity index (χ3n) is 3.50. The smallest absolute Gasteiger partial charge is 0.245 e. The fraction of sp³-hybridized carbons (Fsp3) is 0.812. The zero-order chi connectivity index (χ0) is 18.4. The second-order valence-electron chi connectivity index (χ2n) is 7.59. The lowest BCUT2D eigenvalue weighted by molar-refractivity contribution is -0.155. The average molecular weight is 329 g/mol. The third kappa shape index (κ3) is 7.45. The maximum Gasteiger partial charge on any atom is 0.245 e. The van der Waals surface area contributed by atoms with E-state index in [9.17, 15) is 19.6 Å². The van der Waals surface area contributed by atoms with Crippen LogP contribution in [0.1, 0.15) is 41.0 Å². The minimum atomic E-state index is -0.678. The van der Waals surface area contributed by atoms with E-state index in [2.05, 4.69) is 5.32 Å². The van der Waals surface area contributed by atoms with Gasteiger partial charge in [-0.2, -0.15) is 0 Å². The molecule has 0 saturated carbocycles. The van der Waals surface area contributed by atoms with Gasteiger partial charge in [-0.1, -0.05) is 34.6 Å². The Morgan fingerprint density at radius 2 is 1.74 bits per heavy atom. The summed E-state index contributed by atoms with van der Waals surface area (Å²) in [6.45, 7) is 9.44. The lowest BCUT2D eigenvalue weighted by Gasteiger charge is -2.33. The van der Waals surface area contributed by atoms with Crippen LogP contribution in [0.15, 0.2) is 0 Å². The van der Waals surface area contributed by atoms with Crippen molar-refractivity contribution in [2.45, 2.75) is 47.1 Å². The molecule has 0 aliphatic heterocycles. The molecule has 0 fully saturated rings. The van der Waals surface area contributed by atoms with E-state index in [4.69, 9.17) is 0 Å². The minimum absolute atomic E-state index is 0.0967. The zero-order valence-electron chi connectivity index (χ0n) is 15.3. The van der Waals surface area contributed by atoms with Crippen LogP contribution in [0.4, 0.5) is 0 Å². The molecule has 0 aromatic carbocycles. The minimum Gasteiger partial charge on any atom is -0.347 e. The van der Waals surface area contributed by atoms with Gasteiger partial charge in [-0.05, 0) is 17.8 Å². The van der Waals surface area contributed by atoms with Crippen LogP contribution in [0.3, 0.4) is 0 Å². The molecule has 0 spiro atoms. The van der Waals surface area contributed by atoms with Crippen LogP contribution in [0, 0.1) is 17.3 Å². The van der Waals surface area contributed by atoms with Crippen LogP contribution >= 0.6 is 0 Å². The number of amides is 3. The Bertz CT molecular complexity index is 416. The number of hydroxylamine groups is 2. The molecule has 0 bridgehead atoms. The van der Waals surface area contributed by atoms with Gasteiger partial charge in [0.15, 0.2) is 0 Å². The molecule has 23 heavy (non-hydrogen) atoms. The van der Waals surface area contributed by atoms with Gasteiger partial charge in [-0.3, -0.25) is 19.6 Å². The maximum atomic E-state index is 12.6. The van der Waals surface area contributed by atoms with Crippen molar-refractivity contribution in [2.24, 2.45) is 17.3 Å². The first kappa shape index (κ1) is 21.4. The van der Waals surface area contributed by atoms with Gasteiger partial charge in [0, 0.05) is 14.1 Å². The molecule has 0 heterocycles. The first-order valence-electron chi connectivity index (χ1n) is 7.82. The van der Waals surface area contributed by atoms with Gasteiger partial charge < -0.3 is 10.2 Å². The number of nitrogens with zero attached hydrogens (tertiary/aromatic N) is 2. The summed E-state index contributed by atoms with van der Waals surface area (Å²) in [5.74, 6) is -0.895. The summed E-state index contributed by atoms with van der Waals surface area (Å²) < 4.78 is 0. The predicted molar refractivity (Wildman–Crippen MR) is 87.6 cm³/mol. The Kier molecular flexibility index (Phi) is 8.23. The fourth-order valence-electron chi connectivity index (χ4n) is 2.27. The SMILES string of the molecule is CC(C)C[C@H](CN(O)C=O)C(=O)N[C@H](C(=O)N(C)C)C(C)(C)C. The van der Waals surface area contributed by atoms with E-state index in [1.54, 1.807) is 14.1 Å². The summed E-state index contributed by atoms with van der Waals surface area (Å²) in [4.78, 5) is 37.0. The summed E-state index contributed by atoms with van der Waals surface area (Å²) in [6, 6.07) is -0.678. The van der Waals surface area contributed by atoms with Crippen LogP contribution in [-0.4, -0.2) is 60.1 Å². The lowest BCUT2D eigenvalue weighted by Crippen LogP contribution is -2.55. The van der Waals surface area contributed by atoms with E-state index in [0.717, 1.165) is 0 Å². The van der Waals surface area contributed by atoms with E-state index < -0.39 is 17.4 Å². The van der Waals surface area contributed by atoms with Crippen molar-refractivity contribution in [3.8, 4) is 0 Å². The Morgan fingerprint density at radius 3 is 2.09 bits per heavy atom. The Hall–Kier alpha value is -1.63. The van der Waals surface area contributed by atoms with E-state index in [1.165, 1.54) is 4.90 Å². The summed E-state index contributed by atoms with van der Waals surface area (Å²) in [6.07, 6.45) is 0.774. The normalized spacial score (nSPS) is 14.1. The quantitative estimate of drug-likeness (QED) is 0.397. The Morgan fingerprint density at radius 1 is 1.22 bits per heavy atom. The molecule has 0 rings (SSSR count). The van der Waals surface area contributed by atoms with Crippen molar-refractivity contribution in [2.75, 3.05) is 20.6 Å². The van der Waals surface area contributed by atoms with E-state index >= 15 is 0 Å². The molecular weight excluding hydrogens is 298 g/mol. The maximum absolute atomic E-state index is 12.6. The molecular formula is C16H31N3O4. The van der Waals surface area contributed by atoms with Gasteiger partial charge in [0.2, 0.25) is 18.2 Å². The van der Waals surface area contributed by atoms with Crippen LogP contribution in [0.25, 0.3) is 0 Å². The van der Waals surface area contributed by atoms with Crippen molar-refractivity contribution in [3.05, 3.63) is 0 Å². The first-order valence-corrected chi connectivity index (χ1v) is 7.82. The van der Waals surface area contributed by atoms with Crippen LogP contribution in [0.2, 0.25) is 0 Å². The van der Waals surface area contributed by atoms with Crippen LogP contribution in [0.5, 0.6) is 0 Å². The standard InChI is InChI=1S/C16H31N3O4/c1-11(2)8-12(9-19(23)10-20)14(21)17-13(16(3,4)5)15(22)18(6)7/h10-13,23H,8-9H2,1-7H3,(H,17,21)/t12-,13-/m1/s1. The van der Waals surface area contributed by atoms with Gasteiger partial charge >= 0.3 is 0 Å². The fourth-order valence-corrected chi connectivity index (χ4v) is 2.27. The lowest BCUT2D eigenvalue weighted by atomic mass is 9.85. The molecule has 0 aliphatic rings.